The number of hydrogen-bond acceptors (Lipinski definition) is 3. The highest BCUT2D eigenvalue weighted by molar-refractivity contribution is 7.98. The van der Waals surface area contributed by atoms with Gasteiger partial charge < -0.3 is 10.6 Å². The van der Waals surface area contributed by atoms with E-state index in [0.717, 1.165) is 12.2 Å². The Morgan fingerprint density at radius 1 is 1.33 bits per heavy atom. The lowest BCUT2D eigenvalue weighted by molar-refractivity contribution is 0.555. The minimum Gasteiger partial charge on any atom is -0.367 e. The fraction of sp³-hybridized carbons (Fsp3) is 0.538. The number of anilines is 1. The highest BCUT2D eigenvalue weighted by atomic mass is 32.2. The summed E-state index contributed by atoms with van der Waals surface area (Å²) in [6.07, 6.45) is 2.90. The van der Waals surface area contributed by atoms with Gasteiger partial charge in [-0.1, -0.05) is 0 Å². The Kier molecular flexibility index (Phi) is 5.88. The number of nitrogens with two attached hydrogens (primary N) is 1. The molecule has 2 nitrogen and oxygen atoms in total. The Balaban J connectivity index is 2.94. The van der Waals surface area contributed by atoms with E-state index in [-0.39, 0.29) is 18.3 Å². The molecule has 0 saturated carbocycles. The second-order valence-electron chi connectivity index (χ2n) is 4.35. The topological polar surface area (TPSA) is 29.3 Å². The van der Waals surface area contributed by atoms with Crippen LogP contribution in [0.15, 0.2) is 12.1 Å². The standard InChI is InChI=1S/C13H20F2N2S/c1-9(4-5-18-3)17(2)13-11(14)6-10(8-16)7-12(13)15/h6-7,9H,4-5,8,16H2,1-3H3. The molecule has 1 aromatic rings. The second-order valence-corrected chi connectivity index (χ2v) is 5.34. The molecule has 0 radical (unpaired) electrons. The first-order valence-corrected chi connectivity index (χ1v) is 7.30. The zero-order valence-corrected chi connectivity index (χ0v) is 11.9. The van der Waals surface area contributed by atoms with Crippen molar-refractivity contribution in [2.24, 2.45) is 5.73 Å². The molecule has 0 aliphatic carbocycles. The summed E-state index contributed by atoms with van der Waals surface area (Å²) >= 11 is 1.73. The molecule has 1 aromatic carbocycles. The third-order valence-electron chi connectivity index (χ3n) is 3.07. The van der Waals surface area contributed by atoms with Gasteiger partial charge >= 0.3 is 0 Å². The molecule has 18 heavy (non-hydrogen) atoms. The molecule has 5 heteroatoms. The van der Waals surface area contributed by atoms with Gasteiger partial charge in [0, 0.05) is 19.6 Å². The van der Waals surface area contributed by atoms with Gasteiger partial charge in [-0.25, -0.2) is 8.78 Å². The van der Waals surface area contributed by atoms with E-state index in [2.05, 4.69) is 0 Å². The Bertz CT molecular complexity index is 376. The molecule has 0 fully saturated rings. The van der Waals surface area contributed by atoms with Gasteiger partial charge in [0.05, 0.1) is 0 Å². The summed E-state index contributed by atoms with van der Waals surface area (Å²) in [4.78, 5) is 1.65. The Hall–Kier alpha value is -0.810. The smallest absolute Gasteiger partial charge is 0.149 e. The molecule has 0 heterocycles. The summed E-state index contributed by atoms with van der Waals surface area (Å²) in [5.41, 5.74) is 5.89. The number of benzene rings is 1. The molecular formula is C13H20F2N2S. The molecule has 0 aliphatic heterocycles. The first kappa shape index (κ1) is 15.2. The van der Waals surface area contributed by atoms with Crippen molar-refractivity contribution < 1.29 is 8.78 Å². The van der Waals surface area contributed by atoms with Crippen molar-refractivity contribution in [3.63, 3.8) is 0 Å². The van der Waals surface area contributed by atoms with Crippen LogP contribution < -0.4 is 10.6 Å². The molecule has 102 valence electrons. The van der Waals surface area contributed by atoms with E-state index < -0.39 is 11.6 Å². The van der Waals surface area contributed by atoms with Crippen molar-refractivity contribution in [2.45, 2.75) is 25.9 Å². The van der Waals surface area contributed by atoms with Crippen LogP contribution in [0.25, 0.3) is 0 Å². The first-order chi connectivity index (χ1) is 8.51. The lowest BCUT2D eigenvalue weighted by atomic mass is 10.1. The molecule has 1 rings (SSSR count). The summed E-state index contributed by atoms with van der Waals surface area (Å²) in [5.74, 6) is -0.127. The maximum Gasteiger partial charge on any atom is 0.149 e. The maximum absolute atomic E-state index is 13.9. The van der Waals surface area contributed by atoms with E-state index in [4.69, 9.17) is 5.73 Å². The number of halogens is 2. The van der Waals surface area contributed by atoms with Crippen molar-refractivity contribution >= 4 is 17.4 Å². The summed E-state index contributed by atoms with van der Waals surface area (Å²) in [5, 5.41) is 0. The van der Waals surface area contributed by atoms with E-state index in [0.29, 0.717) is 5.56 Å². The highest BCUT2D eigenvalue weighted by Gasteiger charge is 2.18. The van der Waals surface area contributed by atoms with Crippen molar-refractivity contribution in [3.8, 4) is 0 Å². The number of hydrogen-bond donors (Lipinski definition) is 1. The van der Waals surface area contributed by atoms with Crippen LogP contribution in [0.2, 0.25) is 0 Å². The minimum absolute atomic E-state index is 0.0285. The molecule has 1 atom stereocenters. The quantitative estimate of drug-likeness (QED) is 0.864. The van der Waals surface area contributed by atoms with Gasteiger partial charge in [-0.05, 0) is 43.0 Å². The number of rotatable bonds is 6. The lowest BCUT2D eigenvalue weighted by Gasteiger charge is -2.27. The first-order valence-electron chi connectivity index (χ1n) is 5.91. The normalized spacial score (nSPS) is 12.6. The van der Waals surface area contributed by atoms with Crippen LogP contribution in [0, 0.1) is 11.6 Å². The van der Waals surface area contributed by atoms with Crippen LogP contribution in [0.1, 0.15) is 18.9 Å². The SMILES string of the molecule is CSCCC(C)N(C)c1c(F)cc(CN)cc1F. The Morgan fingerprint density at radius 3 is 2.33 bits per heavy atom. The van der Waals surface area contributed by atoms with E-state index >= 15 is 0 Å². The summed E-state index contributed by atoms with van der Waals surface area (Å²) in [7, 11) is 1.72. The average Bonchev–Trinajstić information content (AvgIpc) is 2.34. The Morgan fingerprint density at radius 2 is 1.89 bits per heavy atom. The predicted molar refractivity (Wildman–Crippen MR) is 75.1 cm³/mol. The molecule has 0 aliphatic rings. The molecule has 0 spiro atoms. The molecule has 1 unspecified atom stereocenters. The number of thioether (sulfide) groups is 1. The van der Waals surface area contributed by atoms with Crippen molar-refractivity contribution in [2.75, 3.05) is 24.0 Å². The minimum atomic E-state index is -0.547. The molecule has 0 bridgehead atoms. The van der Waals surface area contributed by atoms with Crippen LogP contribution in [-0.2, 0) is 6.54 Å². The third-order valence-corrected chi connectivity index (χ3v) is 3.71. The zero-order valence-electron chi connectivity index (χ0n) is 11.0. The van der Waals surface area contributed by atoms with Gasteiger partial charge in [0.15, 0.2) is 0 Å². The molecule has 0 saturated heterocycles. The van der Waals surface area contributed by atoms with E-state index in [1.54, 1.807) is 23.7 Å². The highest BCUT2D eigenvalue weighted by Crippen LogP contribution is 2.26. The van der Waals surface area contributed by atoms with E-state index in [1.807, 2.05) is 13.2 Å². The van der Waals surface area contributed by atoms with Gasteiger partial charge in [0.2, 0.25) is 0 Å². The van der Waals surface area contributed by atoms with E-state index in [9.17, 15) is 8.78 Å². The summed E-state index contributed by atoms with van der Waals surface area (Å²) < 4.78 is 27.8. The van der Waals surface area contributed by atoms with Crippen LogP contribution in [0.4, 0.5) is 14.5 Å². The van der Waals surface area contributed by atoms with Gasteiger partial charge in [0.25, 0.3) is 0 Å². The fourth-order valence-corrected chi connectivity index (χ4v) is 2.35. The lowest BCUT2D eigenvalue weighted by Crippen LogP contribution is -2.31. The zero-order chi connectivity index (χ0) is 13.7. The van der Waals surface area contributed by atoms with Gasteiger partial charge in [-0.15, -0.1) is 0 Å². The number of nitrogens with zero attached hydrogens (tertiary/aromatic N) is 1. The van der Waals surface area contributed by atoms with E-state index in [1.165, 1.54) is 12.1 Å². The average molecular weight is 274 g/mol. The Labute approximate surface area is 112 Å². The van der Waals surface area contributed by atoms with Crippen LogP contribution >= 0.6 is 11.8 Å². The maximum atomic E-state index is 13.9. The largest absolute Gasteiger partial charge is 0.367 e. The predicted octanol–water partition coefficient (Wildman–Crippen LogP) is 3.00. The van der Waals surface area contributed by atoms with Crippen molar-refractivity contribution in [1.82, 2.24) is 0 Å². The van der Waals surface area contributed by atoms with Gasteiger partial charge in [-0.3, -0.25) is 0 Å². The molecular weight excluding hydrogens is 254 g/mol. The van der Waals surface area contributed by atoms with Crippen LogP contribution in [0.5, 0.6) is 0 Å². The van der Waals surface area contributed by atoms with Crippen LogP contribution in [-0.4, -0.2) is 25.1 Å². The van der Waals surface area contributed by atoms with Crippen molar-refractivity contribution in [1.29, 1.82) is 0 Å². The third kappa shape index (κ3) is 3.59. The second kappa shape index (κ2) is 6.95. The van der Waals surface area contributed by atoms with Gasteiger partial charge in [0.1, 0.15) is 17.3 Å². The van der Waals surface area contributed by atoms with Crippen LogP contribution in [0.3, 0.4) is 0 Å². The molecule has 2 N–H and O–H groups in total. The molecule has 0 aromatic heterocycles. The molecule has 0 amide bonds. The summed E-state index contributed by atoms with van der Waals surface area (Å²) in [6.45, 7) is 2.10. The van der Waals surface area contributed by atoms with Gasteiger partial charge in [-0.2, -0.15) is 11.8 Å². The fourth-order valence-electron chi connectivity index (χ4n) is 1.78. The monoisotopic (exact) mass is 274 g/mol. The summed E-state index contributed by atoms with van der Waals surface area (Å²) in [6, 6.07) is 2.69. The van der Waals surface area contributed by atoms with Crippen molar-refractivity contribution in [3.05, 3.63) is 29.3 Å².